The van der Waals surface area contributed by atoms with E-state index in [4.69, 9.17) is 4.74 Å². The molecule has 4 nitrogen and oxygen atoms in total. The third-order valence-electron chi connectivity index (χ3n) is 2.63. The average Bonchev–Trinajstić information content (AvgIpc) is 2.93. The van der Waals surface area contributed by atoms with E-state index in [1.54, 1.807) is 17.6 Å². The van der Waals surface area contributed by atoms with Crippen molar-refractivity contribution >= 4 is 23.5 Å². The lowest BCUT2D eigenvalue weighted by molar-refractivity contribution is -0.123. The number of carbonyl (C=O) groups excluding carboxylic acids is 1. The van der Waals surface area contributed by atoms with Crippen LogP contribution in [0.3, 0.4) is 0 Å². The lowest BCUT2D eigenvalue weighted by Gasteiger charge is -2.08. The highest BCUT2D eigenvalue weighted by Crippen LogP contribution is 2.18. The van der Waals surface area contributed by atoms with E-state index in [0.717, 1.165) is 21.8 Å². The number of aryl methyl sites for hydroxylation is 2. The summed E-state index contributed by atoms with van der Waals surface area (Å²) in [5.74, 6) is 0.445. The van der Waals surface area contributed by atoms with E-state index in [9.17, 15) is 4.79 Å². The number of hydrogen-bond acceptors (Lipinski definition) is 4. The maximum absolute atomic E-state index is 11.6. The Hall–Kier alpha value is -2.14. The van der Waals surface area contributed by atoms with Crippen LogP contribution in [0, 0.1) is 13.8 Å². The highest BCUT2D eigenvalue weighted by Gasteiger charge is 2.04. The zero-order chi connectivity index (χ0) is 14.4. The number of nitrogens with one attached hydrogen (secondary N) is 1. The number of hydrazone groups is 1. The van der Waals surface area contributed by atoms with Crippen molar-refractivity contribution in [2.45, 2.75) is 13.8 Å². The molecule has 0 aliphatic rings. The van der Waals surface area contributed by atoms with E-state index in [-0.39, 0.29) is 12.5 Å². The smallest absolute Gasteiger partial charge is 0.277 e. The summed E-state index contributed by atoms with van der Waals surface area (Å²) in [7, 11) is 0. The van der Waals surface area contributed by atoms with Crippen molar-refractivity contribution in [2.24, 2.45) is 5.10 Å². The van der Waals surface area contributed by atoms with Crippen LogP contribution in [0.1, 0.15) is 16.0 Å². The first-order valence-electron chi connectivity index (χ1n) is 6.20. The summed E-state index contributed by atoms with van der Waals surface area (Å²) in [6, 6.07) is 9.74. The molecule has 0 saturated carbocycles. The highest BCUT2D eigenvalue weighted by atomic mass is 32.1. The molecule has 20 heavy (non-hydrogen) atoms. The summed E-state index contributed by atoms with van der Waals surface area (Å²) in [4.78, 5) is 12.6. The molecule has 1 aromatic carbocycles. The highest BCUT2D eigenvalue weighted by molar-refractivity contribution is 7.11. The Morgan fingerprint density at radius 1 is 1.40 bits per heavy atom. The first-order chi connectivity index (χ1) is 9.65. The summed E-state index contributed by atoms with van der Waals surface area (Å²) in [6.07, 6.45) is 1.61. The summed E-state index contributed by atoms with van der Waals surface area (Å²) < 4.78 is 5.48. The molecular formula is C15H16N2O2S. The number of ether oxygens (including phenoxy) is 1. The molecule has 0 atom stereocenters. The van der Waals surface area contributed by atoms with Crippen LogP contribution in [0.25, 0.3) is 0 Å². The molecule has 1 heterocycles. The molecule has 2 rings (SSSR count). The van der Waals surface area contributed by atoms with Gasteiger partial charge in [0.1, 0.15) is 5.75 Å². The molecule has 0 bridgehead atoms. The van der Waals surface area contributed by atoms with Gasteiger partial charge >= 0.3 is 0 Å². The van der Waals surface area contributed by atoms with Gasteiger partial charge in [0.15, 0.2) is 6.61 Å². The second kappa shape index (κ2) is 6.86. The number of amides is 1. The van der Waals surface area contributed by atoms with Gasteiger partial charge in [0.2, 0.25) is 0 Å². The van der Waals surface area contributed by atoms with Crippen LogP contribution in [0.4, 0.5) is 0 Å². The summed E-state index contributed by atoms with van der Waals surface area (Å²) in [5, 5.41) is 5.82. The quantitative estimate of drug-likeness (QED) is 0.679. The van der Waals surface area contributed by atoms with E-state index in [2.05, 4.69) is 10.5 Å². The normalized spacial score (nSPS) is 10.7. The molecule has 104 valence electrons. The van der Waals surface area contributed by atoms with Crippen LogP contribution < -0.4 is 10.2 Å². The fourth-order valence-electron chi connectivity index (χ4n) is 1.57. The fraction of sp³-hybridized carbons (Fsp3) is 0.200. The van der Waals surface area contributed by atoms with E-state index in [1.807, 2.05) is 49.6 Å². The number of hydrogen-bond donors (Lipinski definition) is 1. The minimum Gasteiger partial charge on any atom is -0.483 e. The average molecular weight is 288 g/mol. The molecule has 0 radical (unpaired) electrons. The van der Waals surface area contributed by atoms with Gasteiger partial charge in [-0.2, -0.15) is 5.10 Å². The van der Waals surface area contributed by atoms with E-state index < -0.39 is 0 Å². The Kier molecular flexibility index (Phi) is 4.90. The molecule has 5 heteroatoms. The monoisotopic (exact) mass is 288 g/mol. The zero-order valence-corrected chi connectivity index (χ0v) is 12.2. The molecule has 0 aliphatic heterocycles. The van der Waals surface area contributed by atoms with Crippen LogP contribution in [0.15, 0.2) is 40.8 Å². The zero-order valence-electron chi connectivity index (χ0n) is 11.4. The predicted octanol–water partition coefficient (Wildman–Crippen LogP) is 2.89. The molecule has 2 aromatic rings. The standard InChI is InChI=1S/C15H16N2O2S/c1-11-5-6-12(2)14(8-11)19-10-15(18)17-16-9-13-4-3-7-20-13/h3-9H,10H2,1-2H3,(H,17,18)/b16-9+. The first-order valence-corrected chi connectivity index (χ1v) is 7.08. The van der Waals surface area contributed by atoms with E-state index in [1.165, 1.54) is 0 Å². The van der Waals surface area contributed by atoms with Crippen LogP contribution in [0.5, 0.6) is 5.75 Å². The summed E-state index contributed by atoms with van der Waals surface area (Å²) in [6.45, 7) is 3.88. The lowest BCUT2D eigenvalue weighted by atomic mass is 10.1. The predicted molar refractivity (Wildman–Crippen MR) is 81.5 cm³/mol. The molecule has 0 fully saturated rings. The van der Waals surface area contributed by atoms with Crippen molar-refractivity contribution in [3.05, 3.63) is 51.7 Å². The Labute approximate surface area is 122 Å². The molecule has 0 saturated heterocycles. The number of nitrogens with zero attached hydrogens (tertiary/aromatic N) is 1. The van der Waals surface area contributed by atoms with Gasteiger partial charge in [0, 0.05) is 4.88 Å². The van der Waals surface area contributed by atoms with E-state index >= 15 is 0 Å². The third-order valence-corrected chi connectivity index (χ3v) is 3.43. The van der Waals surface area contributed by atoms with Gasteiger partial charge < -0.3 is 4.74 Å². The van der Waals surface area contributed by atoms with Gasteiger partial charge in [-0.05, 0) is 42.5 Å². The Bertz CT molecular complexity index is 606. The summed E-state index contributed by atoms with van der Waals surface area (Å²) in [5.41, 5.74) is 4.54. The van der Waals surface area contributed by atoms with Gasteiger partial charge in [-0.25, -0.2) is 5.43 Å². The Balaban J connectivity index is 1.82. The Morgan fingerprint density at radius 2 is 2.25 bits per heavy atom. The van der Waals surface area contributed by atoms with Crippen LogP contribution in [0.2, 0.25) is 0 Å². The van der Waals surface area contributed by atoms with Crippen molar-refractivity contribution in [1.29, 1.82) is 0 Å². The van der Waals surface area contributed by atoms with Crippen molar-refractivity contribution in [3.63, 3.8) is 0 Å². The molecule has 1 amide bonds. The maximum atomic E-state index is 11.6. The molecule has 0 spiro atoms. The maximum Gasteiger partial charge on any atom is 0.277 e. The second-order valence-electron chi connectivity index (χ2n) is 4.37. The number of thiophene rings is 1. The largest absolute Gasteiger partial charge is 0.483 e. The van der Waals surface area contributed by atoms with Crippen LogP contribution in [-0.4, -0.2) is 18.7 Å². The van der Waals surface area contributed by atoms with Crippen molar-refractivity contribution in [3.8, 4) is 5.75 Å². The number of rotatable bonds is 5. The molecule has 1 N–H and O–H groups in total. The fourth-order valence-corrected chi connectivity index (χ4v) is 2.16. The van der Waals surface area contributed by atoms with Gasteiger partial charge in [0.25, 0.3) is 5.91 Å². The van der Waals surface area contributed by atoms with Gasteiger partial charge in [-0.15, -0.1) is 11.3 Å². The first kappa shape index (κ1) is 14.3. The Morgan fingerprint density at radius 3 is 3.00 bits per heavy atom. The molecular weight excluding hydrogens is 272 g/mol. The van der Waals surface area contributed by atoms with E-state index in [0.29, 0.717) is 0 Å². The van der Waals surface area contributed by atoms with Crippen molar-refractivity contribution in [1.82, 2.24) is 5.43 Å². The van der Waals surface area contributed by atoms with Crippen molar-refractivity contribution < 1.29 is 9.53 Å². The molecule has 1 aromatic heterocycles. The van der Waals surface area contributed by atoms with Crippen LogP contribution >= 0.6 is 11.3 Å². The topological polar surface area (TPSA) is 50.7 Å². The van der Waals surface area contributed by atoms with Gasteiger partial charge in [-0.1, -0.05) is 18.2 Å². The van der Waals surface area contributed by atoms with Gasteiger partial charge in [0.05, 0.1) is 6.21 Å². The second-order valence-corrected chi connectivity index (χ2v) is 5.35. The SMILES string of the molecule is Cc1ccc(C)c(OCC(=O)N/N=C/c2cccs2)c1. The summed E-state index contributed by atoms with van der Waals surface area (Å²) >= 11 is 1.56. The molecule has 0 aliphatic carbocycles. The minimum atomic E-state index is -0.279. The minimum absolute atomic E-state index is 0.0495. The number of benzene rings is 1. The lowest BCUT2D eigenvalue weighted by Crippen LogP contribution is -2.24. The van der Waals surface area contributed by atoms with Crippen LogP contribution in [-0.2, 0) is 4.79 Å². The molecule has 0 unspecified atom stereocenters. The third kappa shape index (κ3) is 4.20. The van der Waals surface area contributed by atoms with Gasteiger partial charge in [-0.3, -0.25) is 4.79 Å². The van der Waals surface area contributed by atoms with Crippen molar-refractivity contribution in [2.75, 3.05) is 6.61 Å². The number of carbonyl (C=O) groups is 1.